The van der Waals surface area contributed by atoms with Crippen molar-refractivity contribution in [2.75, 3.05) is 0 Å². The van der Waals surface area contributed by atoms with Gasteiger partial charge in [0.25, 0.3) is 0 Å². The summed E-state index contributed by atoms with van der Waals surface area (Å²) in [7, 11) is 0. The van der Waals surface area contributed by atoms with E-state index in [1.165, 1.54) is 43.4 Å². The van der Waals surface area contributed by atoms with Gasteiger partial charge in [0.05, 0.1) is 0 Å². The molecule has 0 heterocycles. The van der Waals surface area contributed by atoms with Crippen molar-refractivity contribution < 1.29 is 0 Å². The van der Waals surface area contributed by atoms with E-state index in [2.05, 4.69) is 74.5 Å². The second kappa shape index (κ2) is 4.08. The highest BCUT2D eigenvalue weighted by Crippen LogP contribution is 2.34. The molecule has 0 nitrogen and oxygen atoms in total. The zero-order valence-corrected chi connectivity index (χ0v) is 11.8. The number of aryl methyl sites for hydroxylation is 2. The van der Waals surface area contributed by atoms with Gasteiger partial charge in [-0.15, -0.1) is 0 Å². The van der Waals surface area contributed by atoms with Crippen LogP contribution in [0.1, 0.15) is 11.1 Å². The molecule has 0 radical (unpaired) electrons. The maximum atomic E-state index is 2.32. The molecular formula is C20H16. The van der Waals surface area contributed by atoms with Gasteiger partial charge in [0.1, 0.15) is 0 Å². The minimum absolute atomic E-state index is 1.33. The first-order valence-electron chi connectivity index (χ1n) is 7.06. The lowest BCUT2D eigenvalue weighted by Gasteiger charge is -2.12. The molecule has 0 aliphatic heterocycles. The first-order chi connectivity index (χ1) is 9.75. The van der Waals surface area contributed by atoms with Crippen molar-refractivity contribution in [1.29, 1.82) is 0 Å². The summed E-state index contributed by atoms with van der Waals surface area (Å²) in [4.78, 5) is 0. The first kappa shape index (κ1) is 11.5. The average molecular weight is 256 g/mol. The molecule has 0 spiro atoms. The van der Waals surface area contributed by atoms with Gasteiger partial charge < -0.3 is 0 Å². The first-order valence-corrected chi connectivity index (χ1v) is 7.06. The molecule has 0 saturated heterocycles. The van der Waals surface area contributed by atoms with Crippen molar-refractivity contribution in [3.8, 4) is 0 Å². The molecule has 0 bridgehead atoms. The van der Waals surface area contributed by atoms with Crippen LogP contribution < -0.4 is 0 Å². The van der Waals surface area contributed by atoms with E-state index < -0.39 is 0 Å². The van der Waals surface area contributed by atoms with Gasteiger partial charge in [0.15, 0.2) is 0 Å². The Morgan fingerprint density at radius 2 is 1.25 bits per heavy atom. The van der Waals surface area contributed by atoms with Crippen molar-refractivity contribution >= 4 is 32.3 Å². The molecule has 0 unspecified atom stereocenters. The normalized spacial score (nSPS) is 11.5. The van der Waals surface area contributed by atoms with E-state index in [1.54, 1.807) is 0 Å². The van der Waals surface area contributed by atoms with Crippen molar-refractivity contribution in [3.05, 3.63) is 71.8 Å². The van der Waals surface area contributed by atoms with Crippen LogP contribution in [0.3, 0.4) is 0 Å². The van der Waals surface area contributed by atoms with Crippen LogP contribution in [0.15, 0.2) is 60.7 Å². The standard InChI is InChI=1S/C20H16/c1-13-11-16-12-15-7-3-4-9-18(15)14(2)20(16)19-10-6-5-8-17(13)19/h3-12H,1-2H3. The van der Waals surface area contributed by atoms with Crippen LogP contribution in [0.4, 0.5) is 0 Å². The van der Waals surface area contributed by atoms with Gasteiger partial charge in [-0.25, -0.2) is 0 Å². The highest BCUT2D eigenvalue weighted by atomic mass is 14.1. The Bertz CT molecular complexity index is 962. The quantitative estimate of drug-likeness (QED) is 0.277. The molecule has 20 heavy (non-hydrogen) atoms. The SMILES string of the molecule is Cc1cc2cc3ccccc3c(C)c2c2ccccc12. The Labute approximate surface area is 118 Å². The largest absolute Gasteiger partial charge is 0.0616 e. The summed E-state index contributed by atoms with van der Waals surface area (Å²) < 4.78 is 0. The van der Waals surface area contributed by atoms with Gasteiger partial charge in [-0.05, 0) is 63.4 Å². The fraction of sp³-hybridized carbons (Fsp3) is 0.100. The second-order valence-corrected chi connectivity index (χ2v) is 5.56. The van der Waals surface area contributed by atoms with E-state index in [0.717, 1.165) is 0 Å². The number of hydrogen-bond acceptors (Lipinski definition) is 0. The smallest absolute Gasteiger partial charge is 0.00695 e. The minimum atomic E-state index is 1.33. The molecule has 0 heteroatoms. The zero-order chi connectivity index (χ0) is 13.7. The monoisotopic (exact) mass is 256 g/mol. The molecule has 0 aliphatic rings. The summed E-state index contributed by atoms with van der Waals surface area (Å²) in [5.74, 6) is 0. The molecule has 0 aromatic heterocycles. The lowest BCUT2D eigenvalue weighted by molar-refractivity contribution is 1.54. The van der Waals surface area contributed by atoms with Crippen molar-refractivity contribution in [2.24, 2.45) is 0 Å². The molecule has 0 N–H and O–H groups in total. The van der Waals surface area contributed by atoms with Crippen LogP contribution in [-0.4, -0.2) is 0 Å². The van der Waals surface area contributed by atoms with E-state index >= 15 is 0 Å². The van der Waals surface area contributed by atoms with Crippen LogP contribution in [0, 0.1) is 13.8 Å². The average Bonchev–Trinajstić information content (AvgIpc) is 2.47. The summed E-state index contributed by atoms with van der Waals surface area (Å²) in [5, 5.41) is 8.15. The van der Waals surface area contributed by atoms with Crippen molar-refractivity contribution in [1.82, 2.24) is 0 Å². The van der Waals surface area contributed by atoms with E-state index in [9.17, 15) is 0 Å². The summed E-state index contributed by atoms with van der Waals surface area (Å²) >= 11 is 0. The van der Waals surface area contributed by atoms with E-state index in [0.29, 0.717) is 0 Å². The number of benzene rings is 4. The topological polar surface area (TPSA) is 0 Å². The van der Waals surface area contributed by atoms with Crippen LogP contribution in [0.2, 0.25) is 0 Å². The van der Waals surface area contributed by atoms with Gasteiger partial charge >= 0.3 is 0 Å². The molecule has 0 atom stereocenters. The number of fused-ring (bicyclic) bond motifs is 4. The zero-order valence-electron chi connectivity index (χ0n) is 11.8. The third kappa shape index (κ3) is 1.48. The van der Waals surface area contributed by atoms with Crippen LogP contribution in [0.5, 0.6) is 0 Å². The van der Waals surface area contributed by atoms with E-state index in [4.69, 9.17) is 0 Å². The lowest BCUT2D eigenvalue weighted by Crippen LogP contribution is -1.87. The Hall–Kier alpha value is -2.34. The van der Waals surface area contributed by atoms with Gasteiger partial charge in [-0.1, -0.05) is 54.6 Å². The summed E-state index contributed by atoms with van der Waals surface area (Å²) in [6, 6.07) is 22.0. The van der Waals surface area contributed by atoms with Crippen molar-refractivity contribution in [3.63, 3.8) is 0 Å². The summed E-state index contributed by atoms with van der Waals surface area (Å²) in [6.07, 6.45) is 0. The molecule has 0 aliphatic carbocycles. The minimum Gasteiger partial charge on any atom is -0.0616 e. The molecule has 4 rings (SSSR count). The van der Waals surface area contributed by atoms with Gasteiger partial charge in [-0.3, -0.25) is 0 Å². The Morgan fingerprint density at radius 3 is 2.05 bits per heavy atom. The highest BCUT2D eigenvalue weighted by molar-refractivity contribution is 6.15. The maximum absolute atomic E-state index is 2.32. The van der Waals surface area contributed by atoms with Crippen LogP contribution in [0.25, 0.3) is 32.3 Å². The molecule has 0 amide bonds. The second-order valence-electron chi connectivity index (χ2n) is 5.56. The summed E-state index contributed by atoms with van der Waals surface area (Å²) in [6.45, 7) is 4.44. The van der Waals surface area contributed by atoms with Crippen molar-refractivity contribution in [2.45, 2.75) is 13.8 Å². The van der Waals surface area contributed by atoms with E-state index in [-0.39, 0.29) is 0 Å². The fourth-order valence-corrected chi connectivity index (χ4v) is 3.38. The summed E-state index contributed by atoms with van der Waals surface area (Å²) in [5.41, 5.74) is 2.73. The predicted octanol–water partition coefficient (Wildman–Crippen LogP) is 5.76. The third-order valence-corrected chi connectivity index (χ3v) is 4.33. The lowest BCUT2D eigenvalue weighted by atomic mass is 9.92. The van der Waals surface area contributed by atoms with Crippen LogP contribution in [-0.2, 0) is 0 Å². The van der Waals surface area contributed by atoms with Gasteiger partial charge in [0, 0.05) is 0 Å². The Balaban J connectivity index is 2.35. The molecule has 0 saturated carbocycles. The maximum Gasteiger partial charge on any atom is -0.00695 e. The molecular weight excluding hydrogens is 240 g/mol. The number of rotatable bonds is 0. The number of hydrogen-bond donors (Lipinski definition) is 0. The van der Waals surface area contributed by atoms with Gasteiger partial charge in [0.2, 0.25) is 0 Å². The molecule has 96 valence electrons. The molecule has 4 aromatic rings. The molecule has 0 fully saturated rings. The van der Waals surface area contributed by atoms with E-state index in [1.807, 2.05) is 0 Å². The predicted molar refractivity (Wildman–Crippen MR) is 88.4 cm³/mol. The Kier molecular flexibility index (Phi) is 2.34. The fourth-order valence-electron chi connectivity index (χ4n) is 3.38. The highest BCUT2D eigenvalue weighted by Gasteiger charge is 2.08. The molecule has 4 aromatic carbocycles. The van der Waals surface area contributed by atoms with Crippen LogP contribution >= 0.6 is 0 Å². The van der Waals surface area contributed by atoms with Gasteiger partial charge in [-0.2, -0.15) is 0 Å². The third-order valence-electron chi connectivity index (χ3n) is 4.33. The Morgan fingerprint density at radius 1 is 0.600 bits per heavy atom.